The Kier molecular flexibility index (Phi) is 7.09. The van der Waals surface area contributed by atoms with Gasteiger partial charge in [0.15, 0.2) is 0 Å². The Balaban J connectivity index is 1.81. The lowest BCUT2D eigenvalue weighted by Crippen LogP contribution is -2.37. The lowest BCUT2D eigenvalue weighted by Gasteiger charge is -2.35. The number of nitrogens with zero attached hydrogens (tertiary/aromatic N) is 2. The predicted molar refractivity (Wildman–Crippen MR) is 114 cm³/mol. The Hall–Kier alpha value is -2.35. The number of rotatable bonds is 4. The second kappa shape index (κ2) is 9.42. The quantitative estimate of drug-likeness (QED) is 0.731. The second-order valence-electron chi connectivity index (χ2n) is 9.42. The van der Waals surface area contributed by atoms with Gasteiger partial charge in [-0.1, -0.05) is 6.07 Å². The fourth-order valence-electron chi connectivity index (χ4n) is 4.51. The molecule has 2 saturated heterocycles. The molecule has 1 N–H and O–H groups in total. The highest BCUT2D eigenvalue weighted by atomic mass is 19.1. The van der Waals surface area contributed by atoms with Gasteiger partial charge in [0.1, 0.15) is 11.4 Å². The average Bonchev–Trinajstić information content (AvgIpc) is 3.16. The molecule has 0 aliphatic carbocycles. The first-order valence-electron chi connectivity index (χ1n) is 10.8. The summed E-state index contributed by atoms with van der Waals surface area (Å²) in [6.45, 7) is 7.39. The Bertz CT molecular complexity index is 802. The number of carbonyl (C=O) groups is 2. The number of piperidine rings is 1. The summed E-state index contributed by atoms with van der Waals surface area (Å²) >= 11 is 0. The molecule has 0 aromatic heterocycles. The van der Waals surface area contributed by atoms with Crippen LogP contribution >= 0.6 is 0 Å². The molecule has 2 aliphatic rings. The summed E-state index contributed by atoms with van der Waals surface area (Å²) in [7, 11) is 1.39. The minimum atomic E-state index is -0.602. The summed E-state index contributed by atoms with van der Waals surface area (Å²) in [4.78, 5) is 28.1. The van der Waals surface area contributed by atoms with Crippen molar-refractivity contribution in [3.63, 3.8) is 0 Å². The van der Waals surface area contributed by atoms with Crippen LogP contribution in [0.1, 0.15) is 45.1 Å². The number of methoxy groups -OCH3 is 1. The van der Waals surface area contributed by atoms with E-state index in [1.807, 2.05) is 20.8 Å². The van der Waals surface area contributed by atoms with Crippen LogP contribution in [-0.2, 0) is 14.3 Å². The molecule has 7 nitrogen and oxygen atoms in total. The number of aliphatic hydroxyl groups is 1. The maximum Gasteiger partial charge on any atom is 0.410 e. The zero-order valence-corrected chi connectivity index (χ0v) is 18.8. The van der Waals surface area contributed by atoms with Crippen LogP contribution in [0.25, 0.3) is 0 Å². The Morgan fingerprint density at radius 1 is 1.19 bits per heavy atom. The number of benzene rings is 1. The van der Waals surface area contributed by atoms with Gasteiger partial charge in [-0.25, -0.2) is 9.18 Å². The summed E-state index contributed by atoms with van der Waals surface area (Å²) in [6, 6.07) is 4.69. The molecular formula is C23H33FN2O5. The van der Waals surface area contributed by atoms with Crippen LogP contribution in [0.4, 0.5) is 14.9 Å². The SMILES string of the molecule is COC(=O)C1CCN(c2cc(F)ccc2[C@H]2CN(C(=O)OC(C)(C)C)C[C@@H]2CO)CC1. The van der Waals surface area contributed by atoms with E-state index in [2.05, 4.69) is 4.90 Å². The van der Waals surface area contributed by atoms with E-state index in [9.17, 15) is 19.1 Å². The number of hydrogen-bond donors (Lipinski definition) is 1. The second-order valence-corrected chi connectivity index (χ2v) is 9.42. The minimum Gasteiger partial charge on any atom is -0.469 e. The van der Waals surface area contributed by atoms with Gasteiger partial charge in [-0.15, -0.1) is 0 Å². The number of aliphatic hydroxyl groups excluding tert-OH is 1. The molecule has 31 heavy (non-hydrogen) atoms. The molecule has 1 amide bonds. The highest BCUT2D eigenvalue weighted by Crippen LogP contribution is 2.39. The van der Waals surface area contributed by atoms with Gasteiger partial charge in [-0.2, -0.15) is 0 Å². The monoisotopic (exact) mass is 436 g/mol. The number of esters is 1. The number of likely N-dealkylation sites (tertiary alicyclic amines) is 1. The zero-order chi connectivity index (χ0) is 22.8. The van der Waals surface area contributed by atoms with Crippen LogP contribution in [0.2, 0.25) is 0 Å². The van der Waals surface area contributed by atoms with Crippen LogP contribution in [-0.4, -0.2) is 67.6 Å². The van der Waals surface area contributed by atoms with E-state index in [0.29, 0.717) is 39.0 Å². The number of hydrogen-bond acceptors (Lipinski definition) is 6. The lowest BCUT2D eigenvalue weighted by molar-refractivity contribution is -0.146. The molecule has 172 valence electrons. The van der Waals surface area contributed by atoms with Crippen molar-refractivity contribution in [2.75, 3.05) is 44.8 Å². The lowest BCUT2D eigenvalue weighted by atomic mass is 9.87. The fraction of sp³-hybridized carbons (Fsp3) is 0.652. The molecule has 0 unspecified atom stereocenters. The van der Waals surface area contributed by atoms with Gasteiger partial charge in [-0.3, -0.25) is 4.79 Å². The van der Waals surface area contributed by atoms with Crippen LogP contribution in [0, 0.1) is 17.7 Å². The first-order chi connectivity index (χ1) is 14.6. The van der Waals surface area contributed by atoms with Crippen molar-refractivity contribution < 1.29 is 28.6 Å². The Morgan fingerprint density at radius 2 is 1.87 bits per heavy atom. The molecule has 2 fully saturated rings. The van der Waals surface area contributed by atoms with E-state index in [4.69, 9.17) is 9.47 Å². The third-order valence-electron chi connectivity index (χ3n) is 6.09. The molecular weight excluding hydrogens is 403 g/mol. The standard InChI is InChI=1S/C23H33FN2O5/c1-23(2,3)31-22(29)26-12-16(14-27)19(13-26)18-6-5-17(24)11-20(18)25-9-7-15(8-10-25)21(28)30-4/h5-6,11,15-16,19,27H,7-10,12-14H2,1-4H3/t16-,19+/m1/s1. The minimum absolute atomic E-state index is 0.0782. The van der Waals surface area contributed by atoms with Gasteiger partial charge < -0.3 is 24.4 Å². The topological polar surface area (TPSA) is 79.3 Å². The molecule has 0 spiro atoms. The van der Waals surface area contributed by atoms with E-state index in [1.54, 1.807) is 11.0 Å². The van der Waals surface area contributed by atoms with Crippen molar-refractivity contribution in [3.8, 4) is 0 Å². The maximum atomic E-state index is 14.2. The molecule has 1 aromatic carbocycles. The van der Waals surface area contributed by atoms with Crippen molar-refractivity contribution in [1.82, 2.24) is 4.90 Å². The van der Waals surface area contributed by atoms with Crippen molar-refractivity contribution >= 4 is 17.7 Å². The molecule has 0 saturated carbocycles. The van der Waals surface area contributed by atoms with E-state index >= 15 is 0 Å². The number of halogens is 1. The van der Waals surface area contributed by atoms with Gasteiger partial charge in [0.25, 0.3) is 0 Å². The van der Waals surface area contributed by atoms with Gasteiger partial charge >= 0.3 is 12.1 Å². The number of anilines is 1. The molecule has 0 bridgehead atoms. The van der Waals surface area contributed by atoms with Crippen molar-refractivity contribution in [1.29, 1.82) is 0 Å². The summed E-state index contributed by atoms with van der Waals surface area (Å²) < 4.78 is 24.5. The van der Waals surface area contributed by atoms with E-state index in [-0.39, 0.29) is 36.1 Å². The van der Waals surface area contributed by atoms with Crippen LogP contribution in [0.3, 0.4) is 0 Å². The average molecular weight is 437 g/mol. The maximum absolute atomic E-state index is 14.2. The van der Waals surface area contributed by atoms with Gasteiger partial charge in [-0.05, 0) is 51.3 Å². The number of amides is 1. The van der Waals surface area contributed by atoms with Gasteiger partial charge in [0.2, 0.25) is 0 Å². The summed E-state index contributed by atoms with van der Waals surface area (Å²) in [5.74, 6) is -0.979. The third kappa shape index (κ3) is 5.47. The van der Waals surface area contributed by atoms with E-state index < -0.39 is 11.7 Å². The summed E-state index contributed by atoms with van der Waals surface area (Å²) in [5, 5.41) is 9.99. The molecule has 8 heteroatoms. The normalized spacial score (nSPS) is 22.5. The molecule has 2 atom stereocenters. The first-order valence-corrected chi connectivity index (χ1v) is 10.8. The number of carbonyl (C=O) groups excluding carboxylic acids is 2. The highest BCUT2D eigenvalue weighted by molar-refractivity contribution is 5.73. The molecule has 1 aromatic rings. The Labute approximate surface area is 183 Å². The van der Waals surface area contributed by atoms with Crippen molar-refractivity contribution in [2.24, 2.45) is 11.8 Å². The van der Waals surface area contributed by atoms with Crippen molar-refractivity contribution in [3.05, 3.63) is 29.6 Å². The fourth-order valence-corrected chi connectivity index (χ4v) is 4.51. The third-order valence-corrected chi connectivity index (χ3v) is 6.09. The van der Waals surface area contributed by atoms with Gasteiger partial charge in [0.05, 0.1) is 13.0 Å². The molecule has 3 rings (SSSR count). The highest BCUT2D eigenvalue weighted by Gasteiger charge is 2.39. The molecule has 2 heterocycles. The largest absolute Gasteiger partial charge is 0.469 e. The predicted octanol–water partition coefficient (Wildman–Crippen LogP) is 3.16. The van der Waals surface area contributed by atoms with Crippen LogP contribution in [0.5, 0.6) is 0 Å². The van der Waals surface area contributed by atoms with Crippen molar-refractivity contribution in [2.45, 2.75) is 45.1 Å². The van der Waals surface area contributed by atoms with E-state index in [0.717, 1.165) is 11.3 Å². The zero-order valence-electron chi connectivity index (χ0n) is 18.8. The smallest absolute Gasteiger partial charge is 0.410 e. The van der Waals surface area contributed by atoms with Crippen LogP contribution in [0.15, 0.2) is 18.2 Å². The van der Waals surface area contributed by atoms with Crippen LogP contribution < -0.4 is 4.90 Å². The summed E-state index contributed by atoms with van der Waals surface area (Å²) in [6.07, 6.45) is 0.873. The summed E-state index contributed by atoms with van der Waals surface area (Å²) in [5.41, 5.74) is 1.07. The molecule has 2 aliphatic heterocycles. The first kappa shape index (κ1) is 23.3. The van der Waals surface area contributed by atoms with Gasteiger partial charge in [0, 0.05) is 50.3 Å². The Morgan fingerprint density at radius 3 is 2.45 bits per heavy atom. The van der Waals surface area contributed by atoms with E-state index in [1.165, 1.54) is 19.2 Å². The number of ether oxygens (including phenoxy) is 2. The molecule has 0 radical (unpaired) electrons.